The van der Waals surface area contributed by atoms with Crippen LogP contribution in [0, 0.1) is 0 Å². The molecule has 0 atom stereocenters. The average Bonchev–Trinajstić information content (AvgIpc) is 3.24. The number of ether oxygens (including phenoxy) is 2. The molecule has 0 aliphatic heterocycles. The van der Waals surface area contributed by atoms with E-state index in [-0.39, 0.29) is 11.7 Å². The van der Waals surface area contributed by atoms with E-state index in [4.69, 9.17) is 21.1 Å². The first-order chi connectivity index (χ1) is 15.6. The smallest absolute Gasteiger partial charge is 0.230 e. The highest BCUT2D eigenvalue weighted by molar-refractivity contribution is 7.99. The van der Waals surface area contributed by atoms with E-state index in [1.165, 1.54) is 11.8 Å². The van der Waals surface area contributed by atoms with E-state index in [0.29, 0.717) is 39.6 Å². The third-order valence-electron chi connectivity index (χ3n) is 4.65. The van der Waals surface area contributed by atoms with Crippen LogP contribution in [0.5, 0.6) is 11.5 Å². The molecule has 0 saturated heterocycles. The van der Waals surface area contributed by atoms with Crippen LogP contribution in [0.25, 0.3) is 16.9 Å². The second-order valence-corrected chi connectivity index (χ2v) is 8.11. The summed E-state index contributed by atoms with van der Waals surface area (Å²) in [6.45, 7) is 0.429. The number of carbonyl (C=O) groups excluding carboxylic acids is 1. The molecule has 4 aromatic rings. The lowest BCUT2D eigenvalue weighted by Gasteiger charge is -2.09. The minimum absolute atomic E-state index is 0.113. The largest absolute Gasteiger partial charge is 0.493 e. The molecule has 0 bridgehead atoms. The molecule has 0 saturated carbocycles. The van der Waals surface area contributed by atoms with Gasteiger partial charge in [0.1, 0.15) is 0 Å². The fraction of sp³-hybridized carbons (Fsp3) is 0.182. The summed E-state index contributed by atoms with van der Waals surface area (Å²) in [6.07, 6.45) is 0. The molecule has 0 fully saturated rings. The van der Waals surface area contributed by atoms with Crippen LogP contribution in [0.4, 0.5) is 0 Å². The van der Waals surface area contributed by atoms with Gasteiger partial charge in [0.05, 0.1) is 25.7 Å². The van der Waals surface area contributed by atoms with Crippen molar-refractivity contribution in [2.24, 2.45) is 0 Å². The third-order valence-corrected chi connectivity index (χ3v) is 5.82. The van der Waals surface area contributed by atoms with Gasteiger partial charge in [-0.25, -0.2) is 0 Å². The van der Waals surface area contributed by atoms with Gasteiger partial charge < -0.3 is 14.8 Å². The first-order valence-corrected chi connectivity index (χ1v) is 11.0. The maximum Gasteiger partial charge on any atom is 0.230 e. The van der Waals surface area contributed by atoms with Crippen molar-refractivity contribution in [3.05, 3.63) is 65.2 Å². The monoisotopic (exact) mass is 469 g/mol. The minimum Gasteiger partial charge on any atom is -0.493 e. The highest BCUT2D eigenvalue weighted by Gasteiger charge is 2.13. The summed E-state index contributed by atoms with van der Waals surface area (Å²) in [5.41, 5.74) is 3.14. The predicted molar refractivity (Wildman–Crippen MR) is 123 cm³/mol. The molecule has 1 amide bonds. The molecule has 2 aromatic carbocycles. The second-order valence-electron chi connectivity index (χ2n) is 6.73. The van der Waals surface area contributed by atoms with Crippen molar-refractivity contribution in [2.75, 3.05) is 20.0 Å². The van der Waals surface area contributed by atoms with Gasteiger partial charge in [-0.1, -0.05) is 35.5 Å². The molecule has 164 valence electrons. The number of amides is 1. The number of carbonyl (C=O) groups is 1. The quantitative estimate of drug-likeness (QED) is 0.392. The van der Waals surface area contributed by atoms with Crippen molar-refractivity contribution in [2.45, 2.75) is 11.7 Å². The van der Waals surface area contributed by atoms with Crippen LogP contribution in [0.3, 0.4) is 0 Å². The van der Waals surface area contributed by atoms with E-state index in [9.17, 15) is 4.79 Å². The number of nitrogens with zero attached hydrogens (tertiary/aromatic N) is 4. The molecule has 2 heterocycles. The Hall–Kier alpha value is -3.30. The summed E-state index contributed by atoms with van der Waals surface area (Å²) >= 11 is 7.15. The second kappa shape index (κ2) is 9.88. The van der Waals surface area contributed by atoms with E-state index in [0.717, 1.165) is 11.1 Å². The van der Waals surface area contributed by atoms with Crippen molar-refractivity contribution in [1.82, 2.24) is 25.1 Å². The maximum atomic E-state index is 12.3. The molecule has 2 aromatic heterocycles. The molecule has 0 aliphatic rings. The zero-order valence-electron chi connectivity index (χ0n) is 17.4. The van der Waals surface area contributed by atoms with Crippen molar-refractivity contribution in [3.63, 3.8) is 0 Å². The van der Waals surface area contributed by atoms with E-state index < -0.39 is 0 Å². The molecule has 0 radical (unpaired) electrons. The highest BCUT2D eigenvalue weighted by Crippen LogP contribution is 2.31. The van der Waals surface area contributed by atoms with Gasteiger partial charge in [0.2, 0.25) is 11.1 Å². The molecule has 0 spiro atoms. The molecular formula is C22H20ClN5O3S. The summed E-state index contributed by atoms with van der Waals surface area (Å²) in [7, 11) is 3.18. The minimum atomic E-state index is -0.113. The van der Waals surface area contributed by atoms with Gasteiger partial charge in [0.15, 0.2) is 17.1 Å². The first-order valence-electron chi connectivity index (χ1n) is 9.66. The lowest BCUT2D eigenvalue weighted by atomic mass is 10.1. The zero-order valence-corrected chi connectivity index (χ0v) is 19.0. The number of aromatic nitrogens is 4. The Morgan fingerprint density at radius 1 is 1.03 bits per heavy atom. The summed E-state index contributed by atoms with van der Waals surface area (Å²) in [4.78, 5) is 12.3. The topological polar surface area (TPSA) is 90.6 Å². The van der Waals surface area contributed by atoms with Crippen molar-refractivity contribution >= 4 is 34.9 Å². The molecule has 8 nitrogen and oxygen atoms in total. The molecule has 4 rings (SSSR count). The lowest BCUT2D eigenvalue weighted by molar-refractivity contribution is -0.118. The number of rotatable bonds is 8. The molecule has 0 aliphatic carbocycles. The van der Waals surface area contributed by atoms with E-state index >= 15 is 0 Å². The van der Waals surface area contributed by atoms with Crippen LogP contribution in [0.1, 0.15) is 5.56 Å². The zero-order chi connectivity index (χ0) is 22.5. The fourth-order valence-corrected chi connectivity index (χ4v) is 3.84. The van der Waals surface area contributed by atoms with Crippen LogP contribution in [0.15, 0.2) is 59.8 Å². The van der Waals surface area contributed by atoms with Gasteiger partial charge in [-0.3, -0.25) is 4.79 Å². The SMILES string of the molecule is COc1ccc(-c2ccc3nnc(SCC(=O)NCc4ccc(Cl)cc4)n3n2)cc1OC. The summed E-state index contributed by atoms with van der Waals surface area (Å²) in [6, 6.07) is 16.6. The van der Waals surface area contributed by atoms with Gasteiger partial charge in [-0.15, -0.1) is 10.2 Å². The summed E-state index contributed by atoms with van der Waals surface area (Å²) < 4.78 is 12.3. The van der Waals surface area contributed by atoms with Crippen molar-refractivity contribution < 1.29 is 14.3 Å². The first kappa shape index (κ1) is 21.9. The third kappa shape index (κ3) is 4.95. The van der Waals surface area contributed by atoms with Crippen LogP contribution in [0.2, 0.25) is 5.02 Å². The average molecular weight is 470 g/mol. The number of methoxy groups -OCH3 is 2. The van der Waals surface area contributed by atoms with Gasteiger partial charge in [0, 0.05) is 17.1 Å². The number of hydrogen-bond donors (Lipinski definition) is 1. The molecule has 10 heteroatoms. The Morgan fingerprint density at radius 2 is 1.81 bits per heavy atom. The van der Waals surface area contributed by atoms with Crippen LogP contribution >= 0.6 is 23.4 Å². The number of benzene rings is 2. The Kier molecular flexibility index (Phi) is 6.77. The van der Waals surface area contributed by atoms with Crippen LogP contribution in [-0.4, -0.2) is 45.7 Å². The molecule has 1 N–H and O–H groups in total. The predicted octanol–water partition coefficient (Wildman–Crippen LogP) is 3.87. The highest BCUT2D eigenvalue weighted by atomic mass is 35.5. The standard InChI is InChI=1S/C22H20ClN5O3S/c1-30-18-9-5-15(11-19(18)31-2)17-8-10-20-25-26-22(28(20)27-17)32-13-21(29)24-12-14-3-6-16(23)7-4-14/h3-11H,12-13H2,1-2H3,(H,24,29). The Bertz CT molecular complexity index is 1250. The van der Waals surface area contributed by atoms with Crippen LogP contribution < -0.4 is 14.8 Å². The van der Waals surface area contributed by atoms with Gasteiger partial charge in [-0.05, 0) is 48.0 Å². The molecular weight excluding hydrogens is 450 g/mol. The van der Waals surface area contributed by atoms with Crippen molar-refractivity contribution in [3.8, 4) is 22.8 Å². The van der Waals surface area contributed by atoms with E-state index in [1.54, 1.807) is 30.9 Å². The van der Waals surface area contributed by atoms with Gasteiger partial charge >= 0.3 is 0 Å². The number of nitrogens with one attached hydrogen (secondary N) is 1. The number of thioether (sulfide) groups is 1. The maximum absolute atomic E-state index is 12.3. The number of fused-ring (bicyclic) bond motifs is 1. The fourth-order valence-electron chi connectivity index (χ4n) is 2.99. The Morgan fingerprint density at radius 3 is 2.56 bits per heavy atom. The molecule has 0 unspecified atom stereocenters. The number of hydrogen-bond acceptors (Lipinski definition) is 7. The Balaban J connectivity index is 1.46. The van der Waals surface area contributed by atoms with E-state index in [1.807, 2.05) is 42.5 Å². The van der Waals surface area contributed by atoms with Crippen molar-refractivity contribution in [1.29, 1.82) is 0 Å². The van der Waals surface area contributed by atoms with Gasteiger partial charge in [0.25, 0.3) is 0 Å². The lowest BCUT2D eigenvalue weighted by Crippen LogP contribution is -2.24. The van der Waals surface area contributed by atoms with Crippen LogP contribution in [-0.2, 0) is 11.3 Å². The molecule has 32 heavy (non-hydrogen) atoms. The summed E-state index contributed by atoms with van der Waals surface area (Å²) in [5.74, 6) is 1.33. The Labute approximate surface area is 193 Å². The summed E-state index contributed by atoms with van der Waals surface area (Å²) in [5, 5.41) is 17.0. The van der Waals surface area contributed by atoms with E-state index in [2.05, 4.69) is 20.6 Å². The van der Waals surface area contributed by atoms with Gasteiger partial charge in [-0.2, -0.15) is 9.61 Å². The number of halogens is 1. The normalized spacial score (nSPS) is 10.8.